The van der Waals surface area contributed by atoms with Gasteiger partial charge < -0.3 is 10.1 Å². The minimum absolute atomic E-state index is 0.257. The third kappa shape index (κ3) is 2.90. The van der Waals surface area contributed by atoms with Gasteiger partial charge in [0.05, 0.1) is 13.0 Å². The summed E-state index contributed by atoms with van der Waals surface area (Å²) in [5.41, 5.74) is 0.161. The number of aryl methyl sites for hydroxylation is 1. The summed E-state index contributed by atoms with van der Waals surface area (Å²) in [6.45, 7) is 4.26. The highest BCUT2D eigenvalue weighted by Crippen LogP contribution is 2.07. The number of ether oxygens (including phenoxy) is 1. The highest BCUT2D eigenvalue weighted by molar-refractivity contribution is 5.70. The molecule has 2 N–H and O–H groups in total. The highest BCUT2D eigenvalue weighted by atomic mass is 16.5. The van der Waals surface area contributed by atoms with E-state index in [-0.39, 0.29) is 18.1 Å². The summed E-state index contributed by atoms with van der Waals surface area (Å²) in [5, 5.41) is 9.21. The molecule has 0 aliphatic heterocycles. The second kappa shape index (κ2) is 5.51. The molecular formula is C11H15N5O3. The van der Waals surface area contributed by atoms with Gasteiger partial charge in [-0.1, -0.05) is 0 Å². The van der Waals surface area contributed by atoms with Crippen LogP contribution >= 0.6 is 0 Å². The lowest BCUT2D eigenvalue weighted by Crippen LogP contribution is -2.15. The zero-order valence-corrected chi connectivity index (χ0v) is 10.8. The molecule has 0 spiro atoms. The van der Waals surface area contributed by atoms with E-state index >= 15 is 0 Å². The van der Waals surface area contributed by atoms with E-state index in [1.54, 1.807) is 19.9 Å². The molecule has 0 saturated carbocycles. The van der Waals surface area contributed by atoms with Crippen molar-refractivity contribution in [1.82, 2.24) is 19.6 Å². The smallest absolute Gasteiger partial charge is 0.349 e. The van der Waals surface area contributed by atoms with Gasteiger partial charge in [0.1, 0.15) is 11.6 Å². The molecular weight excluding hydrogens is 250 g/mol. The molecule has 0 aliphatic rings. The maximum Gasteiger partial charge on any atom is 0.349 e. The number of nitrogens with one attached hydrogen (secondary N) is 2. The Morgan fingerprint density at radius 3 is 3.11 bits per heavy atom. The number of carbonyl (C=O) groups excluding carboxylic acids is 1. The fourth-order valence-corrected chi connectivity index (χ4v) is 1.71. The minimum Gasteiger partial charge on any atom is -0.466 e. The van der Waals surface area contributed by atoms with Crippen LogP contribution in [0.25, 0.3) is 5.65 Å². The third-order valence-electron chi connectivity index (χ3n) is 2.51. The molecule has 8 heteroatoms. The zero-order valence-electron chi connectivity index (χ0n) is 10.8. The van der Waals surface area contributed by atoms with Crippen molar-refractivity contribution in [2.75, 3.05) is 18.5 Å². The molecule has 0 unspecified atom stereocenters. The number of carbonyl (C=O) groups is 1. The van der Waals surface area contributed by atoms with Crippen molar-refractivity contribution in [1.29, 1.82) is 0 Å². The number of esters is 1. The van der Waals surface area contributed by atoms with Crippen LogP contribution in [0.4, 0.5) is 5.82 Å². The van der Waals surface area contributed by atoms with Gasteiger partial charge in [0.25, 0.3) is 0 Å². The molecule has 102 valence electrons. The molecule has 0 aromatic carbocycles. The lowest BCUT2D eigenvalue weighted by atomic mass is 10.4. The number of aromatic nitrogens is 4. The average Bonchev–Trinajstić information content (AvgIpc) is 2.72. The molecule has 0 bridgehead atoms. The number of H-pyrrole nitrogens is 1. The third-order valence-corrected chi connectivity index (χ3v) is 2.51. The van der Waals surface area contributed by atoms with Crippen LogP contribution in [0.3, 0.4) is 0 Å². The van der Waals surface area contributed by atoms with Crippen molar-refractivity contribution in [3.63, 3.8) is 0 Å². The normalized spacial score (nSPS) is 10.6. The first kappa shape index (κ1) is 13.1. The van der Waals surface area contributed by atoms with Crippen molar-refractivity contribution in [2.24, 2.45) is 0 Å². The number of nitrogens with zero attached hydrogens (tertiary/aromatic N) is 3. The largest absolute Gasteiger partial charge is 0.466 e. The Balaban J connectivity index is 2.05. The quantitative estimate of drug-likeness (QED) is 0.743. The first-order valence-electron chi connectivity index (χ1n) is 5.96. The fourth-order valence-electron chi connectivity index (χ4n) is 1.71. The molecule has 8 nitrogen and oxygen atoms in total. The molecule has 19 heavy (non-hydrogen) atoms. The molecule has 0 amide bonds. The summed E-state index contributed by atoms with van der Waals surface area (Å²) in [4.78, 5) is 26.8. The molecule has 0 radical (unpaired) electrons. The molecule has 2 aromatic rings. The van der Waals surface area contributed by atoms with Gasteiger partial charge in [-0.15, -0.1) is 0 Å². The van der Waals surface area contributed by atoms with Gasteiger partial charge in [0.15, 0.2) is 5.65 Å². The standard InChI is InChI=1S/C11H15N5O3/c1-3-19-10(17)4-5-12-8-6-9-14-15-11(18)16(9)7(2)13-8/h6,12H,3-5H2,1-2H3,(H,15,18). The molecule has 0 aliphatic carbocycles. The number of fused-ring (bicyclic) bond motifs is 1. The number of hydrogen-bond donors (Lipinski definition) is 2. The van der Waals surface area contributed by atoms with Gasteiger partial charge in [-0.3, -0.25) is 4.79 Å². The van der Waals surface area contributed by atoms with E-state index in [1.165, 1.54) is 4.40 Å². The Kier molecular flexibility index (Phi) is 3.79. The summed E-state index contributed by atoms with van der Waals surface area (Å²) in [7, 11) is 0. The van der Waals surface area contributed by atoms with Crippen LogP contribution in [0.15, 0.2) is 10.9 Å². The van der Waals surface area contributed by atoms with Gasteiger partial charge in [-0.05, 0) is 13.8 Å². The topological polar surface area (TPSA) is 101 Å². The summed E-state index contributed by atoms with van der Waals surface area (Å²) in [5.74, 6) is 0.826. The van der Waals surface area contributed by atoms with Crippen LogP contribution in [0.5, 0.6) is 0 Å². The predicted molar refractivity (Wildman–Crippen MR) is 68.1 cm³/mol. The van der Waals surface area contributed by atoms with Gasteiger partial charge in [0.2, 0.25) is 0 Å². The maximum atomic E-state index is 11.4. The van der Waals surface area contributed by atoms with Crippen LogP contribution in [0, 0.1) is 6.92 Å². The maximum absolute atomic E-state index is 11.4. The van der Waals surface area contributed by atoms with Gasteiger partial charge in [-0.25, -0.2) is 19.3 Å². The summed E-state index contributed by atoms with van der Waals surface area (Å²) in [6, 6.07) is 1.63. The van der Waals surface area contributed by atoms with E-state index < -0.39 is 0 Å². The first-order chi connectivity index (χ1) is 9.11. The van der Waals surface area contributed by atoms with Crippen molar-refractivity contribution >= 4 is 17.4 Å². The number of hydrogen-bond acceptors (Lipinski definition) is 6. The summed E-state index contributed by atoms with van der Waals surface area (Å²) in [6.07, 6.45) is 0.257. The van der Waals surface area contributed by atoms with Crippen LogP contribution in [-0.2, 0) is 9.53 Å². The highest BCUT2D eigenvalue weighted by Gasteiger charge is 2.07. The molecule has 0 saturated heterocycles. The second-order valence-electron chi connectivity index (χ2n) is 3.89. The van der Waals surface area contributed by atoms with E-state index in [4.69, 9.17) is 4.74 Å². The van der Waals surface area contributed by atoms with E-state index in [0.717, 1.165) is 0 Å². The zero-order chi connectivity index (χ0) is 13.8. The Morgan fingerprint density at radius 1 is 1.58 bits per heavy atom. The van der Waals surface area contributed by atoms with Crippen molar-refractivity contribution in [3.8, 4) is 0 Å². The van der Waals surface area contributed by atoms with E-state index in [2.05, 4.69) is 20.5 Å². The summed E-state index contributed by atoms with van der Waals surface area (Å²) >= 11 is 0. The Labute approximate surface area is 108 Å². The molecule has 0 atom stereocenters. The molecule has 2 rings (SSSR count). The molecule has 2 heterocycles. The lowest BCUT2D eigenvalue weighted by molar-refractivity contribution is -0.142. The van der Waals surface area contributed by atoms with Gasteiger partial charge >= 0.3 is 11.7 Å². The number of anilines is 1. The lowest BCUT2D eigenvalue weighted by Gasteiger charge is -2.06. The van der Waals surface area contributed by atoms with Crippen LogP contribution in [-0.4, -0.2) is 38.7 Å². The fraction of sp³-hybridized carbons (Fsp3) is 0.455. The van der Waals surface area contributed by atoms with Gasteiger partial charge in [-0.2, -0.15) is 5.10 Å². The predicted octanol–water partition coefficient (Wildman–Crippen LogP) is 0.0911. The summed E-state index contributed by atoms with van der Waals surface area (Å²) < 4.78 is 6.19. The van der Waals surface area contributed by atoms with Crippen molar-refractivity contribution in [2.45, 2.75) is 20.3 Å². The monoisotopic (exact) mass is 265 g/mol. The number of rotatable bonds is 5. The SMILES string of the molecule is CCOC(=O)CCNc1cc2n[nH]c(=O)n2c(C)n1. The average molecular weight is 265 g/mol. The van der Waals surface area contributed by atoms with Crippen molar-refractivity contribution in [3.05, 3.63) is 22.4 Å². The van der Waals surface area contributed by atoms with Crippen LogP contribution < -0.4 is 11.0 Å². The van der Waals surface area contributed by atoms with E-state index in [9.17, 15) is 9.59 Å². The molecule has 0 fully saturated rings. The Bertz CT molecular complexity index is 645. The molecule has 2 aromatic heterocycles. The Hall–Kier alpha value is -2.38. The minimum atomic E-state index is -0.321. The van der Waals surface area contributed by atoms with Crippen LogP contribution in [0.1, 0.15) is 19.2 Å². The Morgan fingerprint density at radius 2 is 2.37 bits per heavy atom. The van der Waals surface area contributed by atoms with E-state index in [0.29, 0.717) is 30.4 Å². The second-order valence-corrected chi connectivity index (χ2v) is 3.89. The number of aromatic amines is 1. The van der Waals surface area contributed by atoms with E-state index in [1.807, 2.05) is 0 Å². The van der Waals surface area contributed by atoms with Gasteiger partial charge in [0, 0.05) is 12.6 Å². The van der Waals surface area contributed by atoms with Crippen LogP contribution in [0.2, 0.25) is 0 Å². The first-order valence-corrected chi connectivity index (χ1v) is 5.96. The van der Waals surface area contributed by atoms with Crippen molar-refractivity contribution < 1.29 is 9.53 Å².